The summed E-state index contributed by atoms with van der Waals surface area (Å²) >= 11 is 6.04. The van der Waals surface area contributed by atoms with Gasteiger partial charge in [-0.05, 0) is 48.5 Å². The van der Waals surface area contributed by atoms with Crippen molar-refractivity contribution in [1.29, 1.82) is 0 Å². The standard InChI is InChI=1S/C20H14BBr2O2S/c21-20(22,23)19(24)25-15-11-13-18(14-12-15)26(16-7-3-1-4-8-16)17-9-5-2-6-10-17/h1-14H/q+1. The fraction of sp³-hybridized carbons (Fsp3) is 0.0500. The molecule has 128 valence electrons. The highest BCUT2D eigenvalue weighted by Crippen LogP contribution is 2.32. The zero-order valence-electron chi connectivity index (χ0n) is 13.6. The third-order valence-corrected chi connectivity index (χ3v) is 6.38. The molecule has 2 radical (unpaired) electrons. The van der Waals surface area contributed by atoms with Crippen molar-refractivity contribution in [2.45, 2.75) is 17.8 Å². The second-order valence-electron chi connectivity index (χ2n) is 5.42. The van der Waals surface area contributed by atoms with Crippen LogP contribution in [0, 0.1) is 0 Å². The zero-order chi connectivity index (χ0) is 18.6. The van der Waals surface area contributed by atoms with Gasteiger partial charge in [0, 0.05) is 0 Å². The molecule has 0 saturated carbocycles. The molecule has 0 unspecified atom stereocenters. The van der Waals surface area contributed by atoms with Crippen LogP contribution in [0.25, 0.3) is 0 Å². The predicted octanol–water partition coefficient (Wildman–Crippen LogP) is 5.30. The molecule has 3 rings (SSSR count). The van der Waals surface area contributed by atoms with E-state index in [4.69, 9.17) is 12.6 Å². The Bertz CT molecular complexity index is 826. The monoisotopic (exact) mass is 487 g/mol. The SMILES string of the molecule is [B]C(Br)(Br)C(=O)Oc1ccc([S+](c2ccccc2)c2ccccc2)cc1. The van der Waals surface area contributed by atoms with Gasteiger partial charge >= 0.3 is 5.97 Å². The van der Waals surface area contributed by atoms with Crippen molar-refractivity contribution in [3.63, 3.8) is 0 Å². The summed E-state index contributed by atoms with van der Waals surface area (Å²) in [4.78, 5) is 15.4. The van der Waals surface area contributed by atoms with Crippen LogP contribution in [-0.4, -0.2) is 16.9 Å². The van der Waals surface area contributed by atoms with E-state index in [0.29, 0.717) is 5.75 Å². The molecule has 0 fully saturated rings. The van der Waals surface area contributed by atoms with Gasteiger partial charge < -0.3 is 4.74 Å². The van der Waals surface area contributed by atoms with Gasteiger partial charge in [0.05, 0.1) is 10.9 Å². The van der Waals surface area contributed by atoms with Gasteiger partial charge in [0.2, 0.25) is 0 Å². The van der Waals surface area contributed by atoms with Crippen molar-refractivity contribution in [2.24, 2.45) is 0 Å². The van der Waals surface area contributed by atoms with Crippen LogP contribution < -0.4 is 4.74 Å². The smallest absolute Gasteiger partial charge is 0.329 e. The van der Waals surface area contributed by atoms with Crippen LogP contribution >= 0.6 is 31.9 Å². The second kappa shape index (κ2) is 8.46. The van der Waals surface area contributed by atoms with Crippen LogP contribution in [0.5, 0.6) is 5.75 Å². The lowest BCUT2D eigenvalue weighted by molar-refractivity contribution is -0.132. The highest BCUT2D eigenvalue weighted by Gasteiger charge is 2.30. The lowest BCUT2D eigenvalue weighted by Gasteiger charge is -2.13. The molecule has 3 aromatic rings. The maximum Gasteiger partial charge on any atom is 0.329 e. The summed E-state index contributed by atoms with van der Waals surface area (Å²) in [7, 11) is 5.38. The minimum absolute atomic E-state index is 0.236. The van der Waals surface area contributed by atoms with E-state index in [-0.39, 0.29) is 10.9 Å². The van der Waals surface area contributed by atoms with E-state index in [0.717, 1.165) is 4.90 Å². The van der Waals surface area contributed by atoms with E-state index >= 15 is 0 Å². The summed E-state index contributed by atoms with van der Waals surface area (Å²) in [5, 5.41) is 0. The number of carbonyl (C=O) groups excluding carboxylic acids is 1. The minimum Gasteiger partial charge on any atom is -0.425 e. The Morgan fingerprint density at radius 1 is 0.769 bits per heavy atom. The Hall–Kier alpha value is -1.50. The summed E-state index contributed by atoms with van der Waals surface area (Å²) in [6.07, 6.45) is 0. The van der Waals surface area contributed by atoms with Gasteiger partial charge in [-0.25, -0.2) is 0 Å². The highest BCUT2D eigenvalue weighted by atomic mass is 79.9. The molecule has 0 N–H and O–H groups in total. The lowest BCUT2D eigenvalue weighted by Crippen LogP contribution is -2.29. The van der Waals surface area contributed by atoms with Crippen LogP contribution in [0.3, 0.4) is 0 Å². The first-order valence-electron chi connectivity index (χ1n) is 7.78. The van der Waals surface area contributed by atoms with Gasteiger partial charge in [-0.1, -0.05) is 68.3 Å². The summed E-state index contributed by atoms with van der Waals surface area (Å²) in [5.74, 6) is -0.174. The fourth-order valence-electron chi connectivity index (χ4n) is 2.34. The number of ether oxygens (including phenoxy) is 1. The number of carbonyl (C=O) groups is 1. The largest absolute Gasteiger partial charge is 0.425 e. The van der Waals surface area contributed by atoms with Crippen molar-refractivity contribution in [1.82, 2.24) is 0 Å². The molecule has 0 aliphatic carbocycles. The average molecular weight is 489 g/mol. The second-order valence-corrected chi connectivity index (χ2v) is 11.0. The van der Waals surface area contributed by atoms with Crippen LogP contribution in [0.15, 0.2) is 99.6 Å². The van der Waals surface area contributed by atoms with Crippen molar-refractivity contribution in [3.8, 4) is 5.75 Å². The molecule has 0 saturated heterocycles. The van der Waals surface area contributed by atoms with Gasteiger partial charge in [0.15, 0.2) is 14.7 Å². The van der Waals surface area contributed by atoms with E-state index in [1.165, 1.54) is 9.79 Å². The van der Waals surface area contributed by atoms with E-state index < -0.39 is 9.10 Å². The van der Waals surface area contributed by atoms with Crippen molar-refractivity contribution in [3.05, 3.63) is 84.9 Å². The third kappa shape index (κ3) is 4.81. The van der Waals surface area contributed by atoms with Gasteiger partial charge in [-0.2, -0.15) is 0 Å². The predicted molar refractivity (Wildman–Crippen MR) is 113 cm³/mol. The van der Waals surface area contributed by atoms with E-state index in [1.807, 2.05) is 48.5 Å². The molecule has 0 spiro atoms. The van der Waals surface area contributed by atoms with Crippen LogP contribution in [0.4, 0.5) is 0 Å². The molecule has 26 heavy (non-hydrogen) atoms. The number of alkyl halides is 2. The van der Waals surface area contributed by atoms with Crippen molar-refractivity contribution < 1.29 is 9.53 Å². The van der Waals surface area contributed by atoms with E-state index in [2.05, 4.69) is 56.1 Å². The molecule has 0 heterocycles. The Morgan fingerprint density at radius 2 is 1.19 bits per heavy atom. The Kier molecular flexibility index (Phi) is 6.27. The lowest BCUT2D eigenvalue weighted by atomic mass is 10.1. The summed E-state index contributed by atoms with van der Waals surface area (Å²) in [6.45, 7) is 0. The van der Waals surface area contributed by atoms with Gasteiger partial charge in [0.25, 0.3) is 0 Å². The molecule has 0 amide bonds. The summed E-state index contributed by atoms with van der Waals surface area (Å²) in [6, 6.07) is 28.2. The Morgan fingerprint density at radius 3 is 1.62 bits per heavy atom. The molecule has 0 aromatic heterocycles. The van der Waals surface area contributed by atoms with Crippen LogP contribution in [0.1, 0.15) is 0 Å². The summed E-state index contributed by atoms with van der Waals surface area (Å²) < 4.78 is 3.88. The van der Waals surface area contributed by atoms with Crippen LogP contribution in [-0.2, 0) is 15.7 Å². The fourth-order valence-corrected chi connectivity index (χ4v) is 4.59. The molecular formula is C20H14BBr2O2S+. The Labute approximate surface area is 174 Å². The Balaban J connectivity index is 1.92. The first kappa shape index (κ1) is 19.3. The number of hydrogen-bond acceptors (Lipinski definition) is 2. The van der Waals surface area contributed by atoms with Gasteiger partial charge in [-0.3, -0.25) is 4.79 Å². The number of esters is 1. The molecule has 3 aromatic carbocycles. The maximum absolute atomic E-state index is 11.9. The molecule has 0 bridgehead atoms. The normalized spacial score (nSPS) is 11.3. The van der Waals surface area contributed by atoms with Gasteiger partial charge in [-0.15, -0.1) is 0 Å². The summed E-state index contributed by atoms with van der Waals surface area (Å²) in [5.41, 5.74) is 0. The molecular weight excluding hydrogens is 475 g/mol. The zero-order valence-corrected chi connectivity index (χ0v) is 17.6. The number of benzene rings is 3. The minimum atomic E-state index is -1.39. The van der Waals surface area contributed by atoms with Gasteiger partial charge in [0.1, 0.15) is 16.7 Å². The van der Waals surface area contributed by atoms with E-state index in [9.17, 15) is 4.79 Å². The number of rotatable bonds is 5. The molecule has 0 aliphatic rings. The van der Waals surface area contributed by atoms with Crippen molar-refractivity contribution in [2.75, 3.05) is 0 Å². The molecule has 6 heteroatoms. The molecule has 0 aliphatic heterocycles. The third-order valence-electron chi connectivity index (χ3n) is 3.50. The number of hydrogen-bond donors (Lipinski definition) is 0. The highest BCUT2D eigenvalue weighted by molar-refractivity contribution is 9.26. The topological polar surface area (TPSA) is 26.3 Å². The first-order chi connectivity index (χ1) is 12.4. The molecule has 2 nitrogen and oxygen atoms in total. The number of halogens is 2. The molecule has 0 atom stereocenters. The average Bonchev–Trinajstić information content (AvgIpc) is 2.64. The van der Waals surface area contributed by atoms with Crippen LogP contribution in [0.2, 0.25) is 0 Å². The van der Waals surface area contributed by atoms with Crippen molar-refractivity contribution >= 4 is 56.6 Å². The van der Waals surface area contributed by atoms with E-state index in [1.54, 1.807) is 12.1 Å². The maximum atomic E-state index is 11.9. The first-order valence-corrected chi connectivity index (χ1v) is 10.6. The quantitative estimate of drug-likeness (QED) is 0.160.